The SMILES string of the molecule is O=S(=O)(NC1CCCC(n2cnnc2)C1)c1cc(Br)cc(C(F)(F)F)c1. The molecule has 0 saturated heterocycles. The lowest BCUT2D eigenvalue weighted by Crippen LogP contribution is -2.38. The Morgan fingerprint density at radius 1 is 1.15 bits per heavy atom. The molecule has 1 heterocycles. The summed E-state index contributed by atoms with van der Waals surface area (Å²) < 4.78 is 68.5. The van der Waals surface area contributed by atoms with Crippen molar-refractivity contribution in [3.05, 3.63) is 40.9 Å². The zero-order valence-corrected chi connectivity index (χ0v) is 15.9. The summed E-state index contributed by atoms with van der Waals surface area (Å²) in [7, 11) is -4.08. The van der Waals surface area contributed by atoms with Crippen molar-refractivity contribution in [1.82, 2.24) is 19.5 Å². The lowest BCUT2D eigenvalue weighted by Gasteiger charge is -2.30. The maximum Gasteiger partial charge on any atom is 0.416 e. The molecule has 142 valence electrons. The molecule has 11 heteroatoms. The first kappa shape index (κ1) is 19.3. The molecule has 0 bridgehead atoms. The first-order chi connectivity index (χ1) is 12.1. The minimum atomic E-state index is -4.63. The van der Waals surface area contributed by atoms with Gasteiger partial charge in [0.25, 0.3) is 0 Å². The summed E-state index contributed by atoms with van der Waals surface area (Å²) in [6.07, 6.45) is 1.33. The summed E-state index contributed by atoms with van der Waals surface area (Å²) in [6, 6.07) is 2.35. The van der Waals surface area contributed by atoms with Crippen LogP contribution in [0.5, 0.6) is 0 Å². The number of alkyl halides is 3. The van der Waals surface area contributed by atoms with Gasteiger partial charge in [0.2, 0.25) is 10.0 Å². The van der Waals surface area contributed by atoms with Crippen molar-refractivity contribution in [3.63, 3.8) is 0 Å². The monoisotopic (exact) mass is 452 g/mol. The smallest absolute Gasteiger partial charge is 0.317 e. The summed E-state index contributed by atoms with van der Waals surface area (Å²) in [6.45, 7) is 0. The number of sulfonamides is 1. The van der Waals surface area contributed by atoms with Gasteiger partial charge < -0.3 is 4.57 Å². The number of halogens is 4. The zero-order chi connectivity index (χ0) is 18.9. The van der Waals surface area contributed by atoms with Crippen LogP contribution >= 0.6 is 15.9 Å². The molecule has 2 atom stereocenters. The Morgan fingerprint density at radius 2 is 1.85 bits per heavy atom. The van der Waals surface area contributed by atoms with Crippen molar-refractivity contribution in [2.75, 3.05) is 0 Å². The van der Waals surface area contributed by atoms with Crippen molar-refractivity contribution in [2.24, 2.45) is 0 Å². The fourth-order valence-corrected chi connectivity index (χ4v) is 5.11. The van der Waals surface area contributed by atoms with Crippen molar-refractivity contribution in [3.8, 4) is 0 Å². The van der Waals surface area contributed by atoms with Crippen molar-refractivity contribution in [1.29, 1.82) is 0 Å². The number of nitrogens with one attached hydrogen (secondary N) is 1. The largest absolute Gasteiger partial charge is 0.416 e. The van der Waals surface area contributed by atoms with Gasteiger partial charge in [0.15, 0.2) is 0 Å². The predicted octanol–water partition coefficient (Wildman–Crippen LogP) is 3.52. The van der Waals surface area contributed by atoms with Crippen LogP contribution in [0.15, 0.2) is 40.2 Å². The second kappa shape index (κ2) is 7.28. The number of benzene rings is 1. The molecule has 6 nitrogen and oxygen atoms in total. The highest BCUT2D eigenvalue weighted by Crippen LogP contribution is 2.34. The number of hydrogen-bond acceptors (Lipinski definition) is 4. The molecule has 2 unspecified atom stereocenters. The quantitative estimate of drug-likeness (QED) is 0.769. The minimum absolute atomic E-state index is 0.0544. The van der Waals surface area contributed by atoms with E-state index < -0.39 is 26.7 Å². The molecule has 3 rings (SSSR count). The summed E-state index contributed by atoms with van der Waals surface area (Å²) in [5.74, 6) is 0. The second-order valence-corrected chi connectivity index (χ2v) is 8.85. The summed E-state index contributed by atoms with van der Waals surface area (Å²) in [5.41, 5.74) is -1.02. The van der Waals surface area contributed by atoms with E-state index in [1.165, 1.54) is 0 Å². The maximum absolute atomic E-state index is 13.0. The van der Waals surface area contributed by atoms with Crippen LogP contribution in [0.4, 0.5) is 13.2 Å². The molecule has 0 aliphatic heterocycles. The Bertz CT molecular complexity index is 872. The highest BCUT2D eigenvalue weighted by molar-refractivity contribution is 9.10. The van der Waals surface area contributed by atoms with E-state index in [0.29, 0.717) is 18.9 Å². The van der Waals surface area contributed by atoms with Gasteiger partial charge in [-0.05, 0) is 43.9 Å². The molecule has 2 aromatic rings. The van der Waals surface area contributed by atoms with Crippen LogP contribution in [0.1, 0.15) is 37.3 Å². The second-order valence-electron chi connectivity index (χ2n) is 6.22. The zero-order valence-electron chi connectivity index (χ0n) is 13.4. The van der Waals surface area contributed by atoms with Gasteiger partial charge in [-0.1, -0.05) is 15.9 Å². The summed E-state index contributed by atoms with van der Waals surface area (Å²) in [4.78, 5) is -0.411. The van der Waals surface area contributed by atoms with Crippen molar-refractivity contribution >= 4 is 26.0 Å². The van der Waals surface area contributed by atoms with E-state index in [1.54, 1.807) is 12.7 Å². The lowest BCUT2D eigenvalue weighted by molar-refractivity contribution is -0.137. The van der Waals surface area contributed by atoms with Crippen LogP contribution in [-0.4, -0.2) is 29.2 Å². The molecule has 0 radical (unpaired) electrons. The first-order valence-electron chi connectivity index (χ1n) is 7.89. The molecule has 0 spiro atoms. The van der Waals surface area contributed by atoms with Crippen LogP contribution in [0.25, 0.3) is 0 Å². The molecule has 1 aliphatic carbocycles. The van der Waals surface area contributed by atoms with Crippen molar-refractivity contribution in [2.45, 2.75) is 48.8 Å². The van der Waals surface area contributed by atoms with E-state index in [-0.39, 0.29) is 16.6 Å². The van der Waals surface area contributed by atoms with Gasteiger partial charge >= 0.3 is 6.18 Å². The number of rotatable bonds is 4. The highest BCUT2D eigenvalue weighted by atomic mass is 79.9. The molecule has 1 N–H and O–H groups in total. The lowest BCUT2D eigenvalue weighted by atomic mass is 9.91. The molecule has 1 aromatic carbocycles. The summed E-state index contributed by atoms with van der Waals surface area (Å²) >= 11 is 2.95. The van der Waals surface area contributed by atoms with Gasteiger partial charge in [-0.25, -0.2) is 13.1 Å². The Morgan fingerprint density at radius 3 is 2.50 bits per heavy atom. The van der Waals surface area contributed by atoms with Crippen LogP contribution < -0.4 is 4.72 Å². The molecule has 1 fully saturated rings. The number of aromatic nitrogens is 3. The van der Waals surface area contributed by atoms with Gasteiger partial charge in [0.1, 0.15) is 12.7 Å². The highest BCUT2D eigenvalue weighted by Gasteiger charge is 2.33. The van der Waals surface area contributed by atoms with E-state index in [4.69, 9.17) is 0 Å². The average molecular weight is 453 g/mol. The van der Waals surface area contributed by atoms with Crippen LogP contribution in [0.2, 0.25) is 0 Å². The summed E-state index contributed by atoms with van der Waals surface area (Å²) in [5, 5.41) is 7.50. The molecular formula is C15H16BrF3N4O2S. The average Bonchev–Trinajstić information content (AvgIpc) is 3.08. The third kappa shape index (κ3) is 4.44. The van der Waals surface area contributed by atoms with Gasteiger partial charge in [-0.3, -0.25) is 0 Å². The Labute approximate surface area is 157 Å². The van der Waals surface area contributed by atoms with Crippen molar-refractivity contribution < 1.29 is 21.6 Å². The topological polar surface area (TPSA) is 76.9 Å². The van der Waals surface area contributed by atoms with Gasteiger partial charge in [-0.15, -0.1) is 10.2 Å². The third-order valence-electron chi connectivity index (χ3n) is 4.34. The predicted molar refractivity (Wildman–Crippen MR) is 90.8 cm³/mol. The maximum atomic E-state index is 13.0. The fourth-order valence-electron chi connectivity index (χ4n) is 3.11. The molecule has 26 heavy (non-hydrogen) atoms. The first-order valence-corrected chi connectivity index (χ1v) is 10.2. The van der Waals surface area contributed by atoms with E-state index in [1.807, 2.05) is 4.57 Å². The minimum Gasteiger partial charge on any atom is -0.317 e. The fraction of sp³-hybridized carbons (Fsp3) is 0.467. The van der Waals surface area contributed by atoms with E-state index in [9.17, 15) is 21.6 Å². The van der Waals surface area contributed by atoms with E-state index in [2.05, 4.69) is 30.8 Å². The molecular weight excluding hydrogens is 437 g/mol. The Hall–Kier alpha value is -1.46. The Kier molecular flexibility index (Phi) is 5.40. The van der Waals surface area contributed by atoms with Gasteiger partial charge in [0, 0.05) is 16.6 Å². The molecule has 0 amide bonds. The number of nitrogens with zero attached hydrogens (tertiary/aromatic N) is 3. The molecule has 1 aliphatic rings. The Balaban J connectivity index is 1.79. The van der Waals surface area contributed by atoms with Crippen LogP contribution in [0, 0.1) is 0 Å². The molecule has 1 saturated carbocycles. The van der Waals surface area contributed by atoms with Crippen LogP contribution in [0.3, 0.4) is 0 Å². The number of hydrogen-bond donors (Lipinski definition) is 1. The standard InChI is InChI=1S/C15H16BrF3N4O2S/c16-11-4-10(15(17,18)19)5-14(6-11)26(24,25)22-12-2-1-3-13(7-12)23-8-20-21-9-23/h4-6,8-9,12-13,22H,1-3,7H2. The van der Waals surface area contributed by atoms with E-state index in [0.717, 1.165) is 25.0 Å². The van der Waals surface area contributed by atoms with Gasteiger partial charge in [0.05, 0.1) is 10.5 Å². The van der Waals surface area contributed by atoms with Crippen LogP contribution in [-0.2, 0) is 16.2 Å². The normalized spacial score (nSPS) is 21.7. The third-order valence-corrected chi connectivity index (χ3v) is 6.29. The molecule has 1 aromatic heterocycles. The van der Waals surface area contributed by atoms with E-state index >= 15 is 0 Å². The van der Waals surface area contributed by atoms with Gasteiger partial charge in [-0.2, -0.15) is 13.2 Å².